The Kier molecular flexibility index (Phi) is 22.3. The number of piperazine rings is 1. The number of carbonyl (C=O) groups excluding carboxylic acids is 5. The van der Waals surface area contributed by atoms with E-state index in [1.165, 1.54) is 24.3 Å². The molecule has 0 aliphatic carbocycles. The van der Waals surface area contributed by atoms with Crippen LogP contribution < -0.4 is 26.3 Å². The zero-order chi connectivity index (χ0) is 66.3. The maximum atomic E-state index is 16.4. The van der Waals surface area contributed by atoms with Gasteiger partial charge in [-0.2, -0.15) is 40.2 Å². The molecule has 492 valence electrons. The van der Waals surface area contributed by atoms with Gasteiger partial charge in [0.15, 0.2) is 0 Å². The number of fused-ring (bicyclic) bond motifs is 2. The second kappa shape index (κ2) is 28.7. The van der Waals surface area contributed by atoms with Gasteiger partial charge in [-0.3, -0.25) is 24.7 Å². The van der Waals surface area contributed by atoms with Crippen molar-refractivity contribution in [1.29, 1.82) is 0 Å². The van der Waals surface area contributed by atoms with Gasteiger partial charge >= 0.3 is 44.9 Å². The molecule has 0 saturated carbocycles. The highest BCUT2D eigenvalue weighted by Crippen LogP contribution is 2.43. The Morgan fingerprint density at radius 2 is 1.34 bits per heavy atom. The van der Waals surface area contributed by atoms with Gasteiger partial charge in [-0.05, 0) is 95.0 Å². The molecule has 4 amide bonds. The number of nitrogens with one attached hydrogen (secondary N) is 4. The molecule has 6 atom stereocenters. The second-order valence-electron chi connectivity index (χ2n) is 22.6. The first-order valence-corrected chi connectivity index (χ1v) is 29.1. The molecule has 3 aliphatic rings. The summed E-state index contributed by atoms with van der Waals surface area (Å²) in [6, 6.07) is 5.74. The number of amides is 4. The van der Waals surface area contributed by atoms with Gasteiger partial charge in [0.25, 0.3) is 5.91 Å². The van der Waals surface area contributed by atoms with Crippen molar-refractivity contribution in [1.82, 2.24) is 46.0 Å². The third kappa shape index (κ3) is 17.5. The predicted octanol–water partition coefficient (Wildman–Crippen LogP) is 6.87. The van der Waals surface area contributed by atoms with Crippen molar-refractivity contribution in [2.75, 3.05) is 58.8 Å². The van der Waals surface area contributed by atoms with Crippen LogP contribution >= 0.6 is 7.82 Å². The fourth-order valence-corrected chi connectivity index (χ4v) is 10.6. The molecular formula is C56H65F10N10O13P. The van der Waals surface area contributed by atoms with Gasteiger partial charge in [0.05, 0.1) is 56.4 Å². The molecule has 34 heteroatoms. The van der Waals surface area contributed by atoms with E-state index in [1.807, 2.05) is 16.8 Å². The number of hydrogen-bond acceptors (Lipinski definition) is 16. The van der Waals surface area contributed by atoms with Gasteiger partial charge in [-0.1, -0.05) is 24.0 Å². The number of phosphoric acid groups is 1. The zero-order valence-electron chi connectivity index (χ0n) is 49.0. The summed E-state index contributed by atoms with van der Waals surface area (Å²) in [6.45, 7) is -1.97. The number of esters is 1. The van der Waals surface area contributed by atoms with Gasteiger partial charge in [0, 0.05) is 84.9 Å². The molecule has 2 aromatic heterocycles. The Labute approximate surface area is 508 Å². The van der Waals surface area contributed by atoms with Crippen LogP contribution in [0.5, 0.6) is 0 Å². The highest BCUT2D eigenvalue weighted by molar-refractivity contribution is 7.46. The van der Waals surface area contributed by atoms with E-state index in [2.05, 4.69) is 51.0 Å². The van der Waals surface area contributed by atoms with Crippen molar-refractivity contribution in [2.24, 2.45) is 16.7 Å². The summed E-state index contributed by atoms with van der Waals surface area (Å²) >= 11 is 0. The molecule has 0 spiro atoms. The number of carbonyl (C=O) groups is 5. The minimum Gasteiger partial charge on any atom is -0.453 e. The van der Waals surface area contributed by atoms with E-state index in [0.717, 1.165) is 71.4 Å². The van der Waals surface area contributed by atoms with E-state index in [9.17, 15) is 73.4 Å². The number of rotatable bonds is 24. The van der Waals surface area contributed by atoms with Gasteiger partial charge in [0.1, 0.15) is 29.5 Å². The first-order valence-electron chi connectivity index (χ1n) is 27.6. The lowest BCUT2D eigenvalue weighted by atomic mass is 9.82. The van der Waals surface area contributed by atoms with Gasteiger partial charge in [0.2, 0.25) is 12.7 Å². The molecule has 3 aliphatic heterocycles. The van der Waals surface area contributed by atoms with Crippen LogP contribution in [-0.4, -0.2) is 167 Å². The van der Waals surface area contributed by atoms with Gasteiger partial charge in [-0.25, -0.2) is 42.1 Å². The van der Waals surface area contributed by atoms with Crippen molar-refractivity contribution < 1.29 is 106 Å². The molecule has 2 bridgehead atoms. The summed E-state index contributed by atoms with van der Waals surface area (Å²) in [4.78, 5) is 96.0. The van der Waals surface area contributed by atoms with Crippen LogP contribution in [0.3, 0.4) is 0 Å². The lowest BCUT2D eigenvalue weighted by molar-refractivity contribution is -0.221. The normalized spacial score (nSPS) is 17.9. The minimum atomic E-state index is -5.37. The SMILES string of the molecule is COC(=O)NC(C(=O)N[C@@H](Cc1ccc(C#Cc2ccc(N3CC4CCC(C3)N4C3COC3)nc2)cc1)[C@@H](CC(=O)OCOP(=O)(O)O)CN(Cc1c(F)cc(-c2ccn(C(F)F)n2)cc1F)NC(=O)[C@@H](NC(=O)OC)C(C)(C)C(F)(F)F)C(C)(C)C(F)(F)F. The number of methoxy groups -OCH3 is 2. The number of hydrogen-bond donors (Lipinski definition) is 6. The van der Waals surface area contributed by atoms with Crippen LogP contribution in [0.15, 0.2) is 67.0 Å². The molecule has 0 radical (unpaired) electrons. The predicted molar refractivity (Wildman–Crippen MR) is 296 cm³/mol. The summed E-state index contributed by atoms with van der Waals surface area (Å²) in [7, 11) is -3.86. The fourth-order valence-electron chi connectivity index (χ4n) is 10.4. The Morgan fingerprint density at radius 3 is 1.83 bits per heavy atom. The molecule has 5 heterocycles. The number of phosphoric ester groups is 1. The number of aromatic nitrogens is 3. The third-order valence-electron chi connectivity index (χ3n) is 15.8. The molecule has 2 aromatic carbocycles. The minimum absolute atomic E-state index is 0.159. The van der Waals surface area contributed by atoms with Crippen molar-refractivity contribution in [3.63, 3.8) is 0 Å². The number of benzene rings is 2. The summed E-state index contributed by atoms with van der Waals surface area (Å²) in [5.74, 6) is -3.00. The number of halogens is 10. The lowest BCUT2D eigenvalue weighted by Crippen LogP contribution is -2.63. The summed E-state index contributed by atoms with van der Waals surface area (Å²) in [5, 5.41) is 10.0. The number of ether oxygens (including phenoxy) is 4. The van der Waals surface area contributed by atoms with E-state index >= 15 is 8.78 Å². The van der Waals surface area contributed by atoms with Gasteiger partial charge in [-0.15, -0.1) is 0 Å². The highest BCUT2D eigenvalue weighted by atomic mass is 31.2. The average molecular weight is 1310 g/mol. The molecule has 23 nitrogen and oxygen atoms in total. The average Bonchev–Trinajstić information content (AvgIpc) is 1.50. The standard InChI is InChI=1S/C56H65F10N10O13P/c1-53(2,55(61,62)63)46(69-51(80)85-5)48(78)68-43(19-32-10-7-31(8-11-32)9-12-33-13-16-44(67-23-33)73-25-36-14-15-37(26-73)76(36)38-28-87-29-38)35(22-45(77)88-30-89-90(82,83)84)24-74(72-49(79)47(70-52(81)86-6)54(3,4)56(64,65)66)27-39-40(57)20-34(21-41(39)58)42-17-18-75(71-42)50(59)60/h7-8,10-11,13,16-18,20-21,23,35-38,43,46-47,50H,14-15,19,22,24-30H2,1-6H3,(H,68,78)(H,69,80)(H,70,81)(H,72,79)(H2,82,83,84)/t35-,36?,37?,43-,46?,47+/m0/s1. The number of pyridine rings is 1. The topological polar surface area (TPSA) is 278 Å². The lowest BCUT2D eigenvalue weighted by Gasteiger charge is -2.47. The van der Waals surface area contributed by atoms with E-state index in [4.69, 9.17) is 9.47 Å². The number of alkyl halides is 8. The molecular weight excluding hydrogens is 1240 g/mol. The summed E-state index contributed by atoms with van der Waals surface area (Å²) in [6.07, 6.45) is -11.0. The number of anilines is 1. The number of hydrazine groups is 1. The molecule has 90 heavy (non-hydrogen) atoms. The molecule has 7 rings (SSSR count). The van der Waals surface area contributed by atoms with Crippen molar-refractivity contribution in [2.45, 2.75) is 115 Å². The Bertz CT molecular complexity index is 3280. The second-order valence-corrected chi connectivity index (χ2v) is 23.9. The smallest absolute Gasteiger partial charge is 0.453 e. The highest BCUT2D eigenvalue weighted by Gasteiger charge is 2.57. The Morgan fingerprint density at radius 1 is 0.789 bits per heavy atom. The number of nitrogens with zero attached hydrogens (tertiary/aromatic N) is 6. The van der Waals surface area contributed by atoms with E-state index < -0.39 is 147 Å². The quantitative estimate of drug-likeness (QED) is 0.00794. The Balaban J connectivity index is 1.28. The monoisotopic (exact) mass is 1310 g/mol. The maximum Gasteiger partial charge on any atom is 0.472 e. The third-order valence-corrected chi connectivity index (χ3v) is 16.3. The van der Waals surface area contributed by atoms with Crippen LogP contribution in [0.2, 0.25) is 0 Å². The van der Waals surface area contributed by atoms with E-state index in [-0.39, 0.29) is 15.9 Å². The first-order chi connectivity index (χ1) is 42.1. The molecule has 3 saturated heterocycles. The molecule has 6 N–H and O–H groups in total. The van der Waals surface area contributed by atoms with Crippen molar-refractivity contribution >= 4 is 43.6 Å². The maximum absolute atomic E-state index is 16.4. The van der Waals surface area contributed by atoms with Crippen LogP contribution in [-0.2, 0) is 55.4 Å². The van der Waals surface area contributed by atoms with Gasteiger partial charge < -0.3 is 49.6 Å². The van der Waals surface area contributed by atoms with Crippen LogP contribution in [0.25, 0.3) is 11.3 Å². The zero-order valence-corrected chi connectivity index (χ0v) is 49.9. The Hall–Kier alpha value is -7.60. The van der Waals surface area contributed by atoms with Crippen LogP contribution in [0, 0.1) is 40.2 Å². The van der Waals surface area contributed by atoms with Crippen molar-refractivity contribution in [3.05, 3.63) is 101 Å². The van der Waals surface area contributed by atoms with E-state index in [0.29, 0.717) is 74.1 Å². The van der Waals surface area contributed by atoms with Crippen LogP contribution in [0.4, 0.5) is 59.3 Å². The molecule has 3 unspecified atom stereocenters. The summed E-state index contributed by atoms with van der Waals surface area (Å²) in [5.41, 5.74) is -5.09. The van der Waals surface area contributed by atoms with E-state index in [1.54, 1.807) is 17.6 Å². The first kappa shape index (κ1) is 69.9. The largest absolute Gasteiger partial charge is 0.472 e. The molecule has 4 aromatic rings. The number of alkyl carbamates (subject to hydrolysis) is 2. The van der Waals surface area contributed by atoms with Crippen LogP contribution in [0.1, 0.15) is 75.8 Å². The van der Waals surface area contributed by atoms with Crippen molar-refractivity contribution in [3.8, 4) is 23.1 Å². The molecule has 3 fully saturated rings. The summed E-state index contributed by atoms with van der Waals surface area (Å²) < 4.78 is 184. The fraction of sp³-hybridized carbons (Fsp3) is 0.518.